The third-order valence-electron chi connectivity index (χ3n) is 3.92. The highest BCUT2D eigenvalue weighted by molar-refractivity contribution is 5.94. The average Bonchev–Trinajstić information content (AvgIpc) is 3.37. The number of rotatable bonds is 4. The second kappa shape index (κ2) is 5.26. The van der Waals surface area contributed by atoms with Crippen molar-refractivity contribution in [2.45, 2.75) is 25.4 Å². The molecule has 3 heteroatoms. The SMILES string of the molecule is c1cc(-c2cncc(CNC3CC3)c2)c2cccnc2c1. The summed E-state index contributed by atoms with van der Waals surface area (Å²) in [5, 5.41) is 4.71. The summed E-state index contributed by atoms with van der Waals surface area (Å²) in [6, 6.07) is 13.3. The first-order chi connectivity index (χ1) is 10.4. The van der Waals surface area contributed by atoms with E-state index in [0.29, 0.717) is 0 Å². The third-order valence-corrected chi connectivity index (χ3v) is 3.92. The first-order valence-electron chi connectivity index (χ1n) is 7.41. The van der Waals surface area contributed by atoms with Gasteiger partial charge in [-0.2, -0.15) is 0 Å². The Morgan fingerprint density at radius 2 is 2.05 bits per heavy atom. The topological polar surface area (TPSA) is 37.8 Å². The Balaban J connectivity index is 1.72. The van der Waals surface area contributed by atoms with Crippen LogP contribution in [0.5, 0.6) is 0 Å². The van der Waals surface area contributed by atoms with E-state index in [2.05, 4.69) is 39.6 Å². The van der Waals surface area contributed by atoms with Crippen LogP contribution in [-0.2, 0) is 6.54 Å². The van der Waals surface area contributed by atoms with E-state index in [1.54, 1.807) is 0 Å². The van der Waals surface area contributed by atoms with Crippen LogP contribution in [0.4, 0.5) is 0 Å². The van der Waals surface area contributed by atoms with Gasteiger partial charge in [-0.15, -0.1) is 0 Å². The lowest BCUT2D eigenvalue weighted by Gasteiger charge is -2.08. The maximum absolute atomic E-state index is 4.42. The molecule has 1 aliphatic carbocycles. The highest BCUT2D eigenvalue weighted by Gasteiger charge is 2.20. The third kappa shape index (κ3) is 2.65. The van der Waals surface area contributed by atoms with Gasteiger partial charge in [-0.1, -0.05) is 18.2 Å². The fourth-order valence-electron chi connectivity index (χ4n) is 2.64. The van der Waals surface area contributed by atoms with Crippen molar-refractivity contribution in [2.75, 3.05) is 0 Å². The second-order valence-electron chi connectivity index (χ2n) is 5.61. The molecule has 0 amide bonds. The van der Waals surface area contributed by atoms with Gasteiger partial charge < -0.3 is 5.32 Å². The van der Waals surface area contributed by atoms with E-state index in [4.69, 9.17) is 0 Å². The van der Waals surface area contributed by atoms with Crippen LogP contribution in [0.3, 0.4) is 0 Å². The van der Waals surface area contributed by atoms with Crippen molar-refractivity contribution >= 4 is 10.9 Å². The van der Waals surface area contributed by atoms with Gasteiger partial charge in [0.25, 0.3) is 0 Å². The number of pyridine rings is 2. The fourth-order valence-corrected chi connectivity index (χ4v) is 2.64. The van der Waals surface area contributed by atoms with Crippen molar-refractivity contribution < 1.29 is 0 Å². The minimum absolute atomic E-state index is 0.718. The van der Waals surface area contributed by atoms with Crippen LogP contribution in [0.1, 0.15) is 18.4 Å². The van der Waals surface area contributed by atoms with Crippen LogP contribution in [0.2, 0.25) is 0 Å². The lowest BCUT2D eigenvalue weighted by atomic mass is 10.0. The summed E-state index contributed by atoms with van der Waals surface area (Å²) < 4.78 is 0. The lowest BCUT2D eigenvalue weighted by Crippen LogP contribution is -2.15. The average molecular weight is 275 g/mol. The van der Waals surface area contributed by atoms with Gasteiger partial charge in [-0.25, -0.2) is 0 Å². The normalized spacial score (nSPS) is 14.5. The molecule has 1 saturated carbocycles. The van der Waals surface area contributed by atoms with Gasteiger partial charge >= 0.3 is 0 Å². The molecule has 3 aromatic rings. The molecule has 0 spiro atoms. The molecule has 0 aliphatic heterocycles. The molecule has 104 valence electrons. The Bertz CT molecular complexity index is 773. The highest BCUT2D eigenvalue weighted by atomic mass is 14.9. The molecule has 1 aliphatic rings. The number of nitrogens with one attached hydrogen (secondary N) is 1. The molecule has 21 heavy (non-hydrogen) atoms. The molecular weight excluding hydrogens is 258 g/mol. The van der Waals surface area contributed by atoms with Crippen LogP contribution < -0.4 is 5.32 Å². The summed E-state index contributed by atoms with van der Waals surface area (Å²) in [6.45, 7) is 0.897. The summed E-state index contributed by atoms with van der Waals surface area (Å²) in [4.78, 5) is 8.83. The molecule has 2 heterocycles. The quantitative estimate of drug-likeness (QED) is 0.791. The number of benzene rings is 1. The van der Waals surface area contributed by atoms with Crippen LogP contribution in [0, 0.1) is 0 Å². The minimum Gasteiger partial charge on any atom is -0.310 e. The molecule has 0 saturated heterocycles. The van der Waals surface area contributed by atoms with E-state index in [9.17, 15) is 0 Å². The molecule has 0 unspecified atom stereocenters. The van der Waals surface area contributed by atoms with E-state index >= 15 is 0 Å². The molecule has 1 N–H and O–H groups in total. The Hall–Kier alpha value is -2.26. The Morgan fingerprint density at radius 3 is 2.95 bits per heavy atom. The zero-order valence-corrected chi connectivity index (χ0v) is 11.8. The van der Waals surface area contributed by atoms with Crippen molar-refractivity contribution in [3.05, 3.63) is 60.6 Å². The zero-order chi connectivity index (χ0) is 14.1. The van der Waals surface area contributed by atoms with E-state index in [1.165, 1.54) is 29.4 Å². The van der Waals surface area contributed by atoms with Crippen LogP contribution in [-0.4, -0.2) is 16.0 Å². The molecule has 0 bridgehead atoms. The van der Waals surface area contributed by atoms with Crippen molar-refractivity contribution in [1.29, 1.82) is 0 Å². The summed E-state index contributed by atoms with van der Waals surface area (Å²) in [5.41, 5.74) is 4.61. The maximum atomic E-state index is 4.42. The van der Waals surface area contributed by atoms with Gasteiger partial charge in [0.05, 0.1) is 5.52 Å². The first-order valence-corrected chi connectivity index (χ1v) is 7.41. The molecule has 2 aromatic heterocycles. The maximum Gasteiger partial charge on any atom is 0.0708 e. The largest absolute Gasteiger partial charge is 0.310 e. The Labute approximate surface area is 124 Å². The fraction of sp³-hybridized carbons (Fsp3) is 0.222. The number of nitrogens with zero attached hydrogens (tertiary/aromatic N) is 2. The summed E-state index contributed by atoms with van der Waals surface area (Å²) in [6.07, 6.45) is 8.33. The van der Waals surface area contributed by atoms with E-state index in [-0.39, 0.29) is 0 Å². The van der Waals surface area contributed by atoms with Crippen LogP contribution in [0.15, 0.2) is 55.0 Å². The van der Waals surface area contributed by atoms with E-state index in [1.807, 2.05) is 30.7 Å². The predicted molar refractivity (Wildman–Crippen MR) is 84.8 cm³/mol. The molecule has 0 atom stereocenters. The highest BCUT2D eigenvalue weighted by Crippen LogP contribution is 2.27. The number of hydrogen-bond donors (Lipinski definition) is 1. The number of aromatic nitrogens is 2. The van der Waals surface area contributed by atoms with Gasteiger partial charge in [-0.3, -0.25) is 9.97 Å². The van der Waals surface area contributed by atoms with Gasteiger partial charge in [0.2, 0.25) is 0 Å². The molecule has 4 rings (SSSR count). The molecule has 3 nitrogen and oxygen atoms in total. The summed E-state index contributed by atoms with van der Waals surface area (Å²) >= 11 is 0. The zero-order valence-electron chi connectivity index (χ0n) is 11.8. The van der Waals surface area contributed by atoms with Crippen molar-refractivity contribution in [3.63, 3.8) is 0 Å². The smallest absolute Gasteiger partial charge is 0.0708 e. The van der Waals surface area contributed by atoms with Crippen LogP contribution in [0.25, 0.3) is 22.0 Å². The summed E-state index contributed by atoms with van der Waals surface area (Å²) in [5.74, 6) is 0. The number of hydrogen-bond acceptors (Lipinski definition) is 3. The molecule has 1 aromatic carbocycles. The van der Waals surface area contributed by atoms with Gasteiger partial charge in [0.1, 0.15) is 0 Å². The monoisotopic (exact) mass is 275 g/mol. The van der Waals surface area contributed by atoms with Crippen LogP contribution >= 0.6 is 0 Å². The summed E-state index contributed by atoms with van der Waals surface area (Å²) in [7, 11) is 0. The Kier molecular flexibility index (Phi) is 3.13. The van der Waals surface area contributed by atoms with Gasteiger partial charge in [-0.05, 0) is 42.2 Å². The van der Waals surface area contributed by atoms with E-state index in [0.717, 1.165) is 23.7 Å². The molecule has 0 radical (unpaired) electrons. The van der Waals surface area contributed by atoms with E-state index < -0.39 is 0 Å². The lowest BCUT2D eigenvalue weighted by molar-refractivity contribution is 0.686. The minimum atomic E-state index is 0.718. The standard InChI is InChI=1S/C18H17N3/c1-3-16(17-4-2-8-20-18(17)5-1)14-9-13(10-19-12-14)11-21-15-6-7-15/h1-5,8-10,12,15,21H,6-7,11H2. The van der Waals surface area contributed by atoms with Gasteiger partial charge in [0, 0.05) is 42.1 Å². The second-order valence-corrected chi connectivity index (χ2v) is 5.61. The first kappa shape index (κ1) is 12.5. The van der Waals surface area contributed by atoms with Crippen molar-refractivity contribution in [1.82, 2.24) is 15.3 Å². The number of fused-ring (bicyclic) bond motifs is 1. The predicted octanol–water partition coefficient (Wildman–Crippen LogP) is 3.55. The van der Waals surface area contributed by atoms with Crippen molar-refractivity contribution in [3.8, 4) is 11.1 Å². The Morgan fingerprint density at radius 1 is 1.10 bits per heavy atom. The molecule has 1 fully saturated rings. The molecular formula is C18H17N3. The van der Waals surface area contributed by atoms with Crippen molar-refractivity contribution in [2.24, 2.45) is 0 Å². The van der Waals surface area contributed by atoms with Gasteiger partial charge in [0.15, 0.2) is 0 Å².